The van der Waals surface area contributed by atoms with Gasteiger partial charge in [0, 0.05) is 43.3 Å². The van der Waals surface area contributed by atoms with Crippen molar-refractivity contribution in [3.05, 3.63) is 65.2 Å². The molecule has 6 rings (SSSR count). The predicted molar refractivity (Wildman–Crippen MR) is 165 cm³/mol. The molecule has 3 aliphatic heterocycles. The molecule has 11 heteroatoms. The molecule has 6 atom stereocenters. The van der Waals surface area contributed by atoms with Gasteiger partial charge in [-0.15, -0.1) is 0 Å². The Kier molecular flexibility index (Phi) is 8.99. The number of alkyl halides is 3. The molecule has 8 nitrogen and oxygen atoms in total. The van der Waals surface area contributed by atoms with Crippen LogP contribution in [0.5, 0.6) is 0 Å². The van der Waals surface area contributed by atoms with Gasteiger partial charge in [0.2, 0.25) is 5.91 Å². The number of nitrogens with zero attached hydrogens (tertiary/aromatic N) is 2. The Bertz CT molecular complexity index is 1430. The molecule has 250 valence electrons. The second kappa shape index (κ2) is 12.6. The van der Waals surface area contributed by atoms with Gasteiger partial charge in [0.15, 0.2) is 6.29 Å². The maximum atomic E-state index is 13.1. The number of hydrogen-bond acceptors (Lipinski definition) is 6. The summed E-state index contributed by atoms with van der Waals surface area (Å²) >= 11 is 0. The van der Waals surface area contributed by atoms with E-state index in [1.807, 2.05) is 30.3 Å². The van der Waals surface area contributed by atoms with Gasteiger partial charge in [-0.2, -0.15) is 13.2 Å². The van der Waals surface area contributed by atoms with Crippen molar-refractivity contribution in [1.82, 2.24) is 9.80 Å². The number of hydrogen-bond donors (Lipinski definition) is 2. The zero-order chi connectivity index (χ0) is 32.9. The summed E-state index contributed by atoms with van der Waals surface area (Å²) in [7, 11) is 0. The van der Waals surface area contributed by atoms with Crippen LogP contribution in [-0.2, 0) is 25.7 Å². The Balaban J connectivity index is 1.20. The predicted octanol–water partition coefficient (Wildman–Crippen LogP) is 6.12. The van der Waals surface area contributed by atoms with Gasteiger partial charge in [0.05, 0.1) is 18.8 Å². The first-order valence-corrected chi connectivity index (χ1v) is 16.3. The molecule has 2 aromatic rings. The molecule has 6 unspecified atom stereocenters. The summed E-state index contributed by atoms with van der Waals surface area (Å²) in [6, 6.07) is 14.0. The molecule has 3 heterocycles. The van der Waals surface area contributed by atoms with E-state index in [4.69, 9.17) is 9.47 Å². The molecular weight excluding hydrogens is 599 g/mol. The fourth-order valence-electron chi connectivity index (χ4n) is 8.52. The number of likely N-dealkylation sites (tertiary alicyclic amines) is 2. The minimum Gasteiger partial charge on any atom is -0.392 e. The topological polar surface area (TPSA) is 91.3 Å². The van der Waals surface area contributed by atoms with Crippen LogP contribution < -0.4 is 5.32 Å². The van der Waals surface area contributed by atoms with Crippen molar-refractivity contribution in [2.24, 2.45) is 10.8 Å². The molecule has 0 aromatic heterocycles. The van der Waals surface area contributed by atoms with E-state index in [9.17, 15) is 27.9 Å². The zero-order valence-electron chi connectivity index (χ0n) is 26.7. The number of amides is 2. The Morgan fingerprint density at radius 1 is 1.04 bits per heavy atom. The second-order valence-electron chi connectivity index (χ2n) is 14.8. The molecule has 4 aliphatic rings. The molecule has 2 aromatic carbocycles. The Morgan fingerprint density at radius 3 is 2.52 bits per heavy atom. The lowest BCUT2D eigenvalue weighted by molar-refractivity contribution is -0.253. The molecule has 0 spiro atoms. The summed E-state index contributed by atoms with van der Waals surface area (Å²) in [6.07, 6.45) is -1.53. The first-order chi connectivity index (χ1) is 21.7. The number of anilines is 1. The van der Waals surface area contributed by atoms with E-state index in [2.05, 4.69) is 31.0 Å². The SMILES string of the molecule is CC1(C)CC2CC(C)(CN2CC2CC(c3ccc(CO)cc3)OC(c3cccc(NC(=O)C4CCCN4C(=O)C(F)(F)F)c3)O2)C1. The number of aliphatic hydroxyl groups is 1. The van der Waals surface area contributed by atoms with Crippen LogP contribution >= 0.6 is 0 Å². The lowest BCUT2D eigenvalue weighted by Gasteiger charge is -2.41. The lowest BCUT2D eigenvalue weighted by Crippen LogP contribution is -2.48. The highest BCUT2D eigenvalue weighted by atomic mass is 19.4. The molecule has 1 aliphatic carbocycles. The summed E-state index contributed by atoms with van der Waals surface area (Å²) < 4.78 is 52.5. The van der Waals surface area contributed by atoms with Crippen molar-refractivity contribution < 1.29 is 37.3 Å². The molecule has 2 bridgehead atoms. The van der Waals surface area contributed by atoms with E-state index in [1.54, 1.807) is 18.2 Å². The minimum absolute atomic E-state index is 0.0485. The number of halogens is 3. The van der Waals surface area contributed by atoms with E-state index in [0.29, 0.717) is 40.4 Å². The van der Waals surface area contributed by atoms with Gasteiger partial charge >= 0.3 is 12.1 Å². The van der Waals surface area contributed by atoms with Crippen LogP contribution in [-0.4, -0.2) is 70.7 Å². The van der Waals surface area contributed by atoms with Gasteiger partial charge in [-0.1, -0.05) is 57.2 Å². The highest BCUT2D eigenvalue weighted by Crippen LogP contribution is 2.53. The van der Waals surface area contributed by atoms with Crippen molar-refractivity contribution >= 4 is 17.5 Å². The van der Waals surface area contributed by atoms with Gasteiger partial charge in [0.1, 0.15) is 6.04 Å². The third-order valence-corrected chi connectivity index (χ3v) is 10.1. The van der Waals surface area contributed by atoms with Crippen molar-refractivity contribution in [1.29, 1.82) is 0 Å². The number of carbonyl (C=O) groups is 2. The number of carbonyl (C=O) groups excluding carboxylic acids is 2. The first-order valence-electron chi connectivity index (χ1n) is 16.3. The lowest BCUT2D eigenvalue weighted by atomic mass is 9.65. The summed E-state index contributed by atoms with van der Waals surface area (Å²) in [6.45, 7) is 8.74. The minimum atomic E-state index is -5.04. The third kappa shape index (κ3) is 7.12. The summed E-state index contributed by atoms with van der Waals surface area (Å²) in [4.78, 5) is 28.2. The van der Waals surface area contributed by atoms with Crippen LogP contribution in [0.4, 0.5) is 18.9 Å². The van der Waals surface area contributed by atoms with E-state index in [1.165, 1.54) is 12.8 Å². The van der Waals surface area contributed by atoms with Crippen LogP contribution in [0.1, 0.15) is 88.4 Å². The monoisotopic (exact) mass is 643 g/mol. The molecule has 46 heavy (non-hydrogen) atoms. The molecule has 4 fully saturated rings. The summed E-state index contributed by atoms with van der Waals surface area (Å²) in [5.74, 6) is -2.65. The molecule has 0 radical (unpaired) electrons. The summed E-state index contributed by atoms with van der Waals surface area (Å²) in [5, 5.41) is 12.3. The van der Waals surface area contributed by atoms with Gasteiger partial charge in [0.25, 0.3) is 0 Å². The number of ether oxygens (including phenoxy) is 2. The third-order valence-electron chi connectivity index (χ3n) is 10.1. The normalized spacial score (nSPS) is 31.2. The largest absolute Gasteiger partial charge is 0.471 e. The Labute approximate surface area is 268 Å². The van der Waals surface area contributed by atoms with Crippen molar-refractivity contribution in [2.45, 2.75) is 103 Å². The maximum absolute atomic E-state index is 13.1. The Hall–Kier alpha value is -2.99. The fourth-order valence-corrected chi connectivity index (χ4v) is 8.52. The molecule has 2 N–H and O–H groups in total. The van der Waals surface area contributed by atoms with E-state index in [-0.39, 0.29) is 37.2 Å². The quantitative estimate of drug-likeness (QED) is 0.378. The molecule has 3 saturated heterocycles. The first kappa shape index (κ1) is 32.9. The number of aliphatic hydroxyl groups excluding tert-OH is 1. The molecular formula is C35H44F3N3O5. The van der Waals surface area contributed by atoms with Crippen molar-refractivity contribution in [3.63, 3.8) is 0 Å². The van der Waals surface area contributed by atoms with E-state index in [0.717, 1.165) is 30.6 Å². The van der Waals surface area contributed by atoms with Crippen LogP contribution in [0.15, 0.2) is 48.5 Å². The van der Waals surface area contributed by atoms with Crippen molar-refractivity contribution in [2.75, 3.05) is 25.0 Å². The van der Waals surface area contributed by atoms with Gasteiger partial charge in [-0.05, 0) is 66.2 Å². The number of benzene rings is 2. The van der Waals surface area contributed by atoms with Crippen LogP contribution in [0.3, 0.4) is 0 Å². The van der Waals surface area contributed by atoms with Crippen LogP contribution in [0.2, 0.25) is 0 Å². The number of nitrogens with one attached hydrogen (secondary N) is 1. The second-order valence-corrected chi connectivity index (χ2v) is 14.8. The molecule has 1 saturated carbocycles. The molecule has 2 amide bonds. The fraction of sp³-hybridized carbons (Fsp3) is 0.600. The maximum Gasteiger partial charge on any atom is 0.471 e. The van der Waals surface area contributed by atoms with E-state index >= 15 is 0 Å². The van der Waals surface area contributed by atoms with Gasteiger partial charge < -0.3 is 24.8 Å². The van der Waals surface area contributed by atoms with E-state index < -0.39 is 30.3 Å². The van der Waals surface area contributed by atoms with Crippen LogP contribution in [0.25, 0.3) is 0 Å². The Morgan fingerprint density at radius 2 is 1.80 bits per heavy atom. The number of rotatable bonds is 7. The average molecular weight is 644 g/mol. The van der Waals surface area contributed by atoms with Crippen molar-refractivity contribution in [3.8, 4) is 0 Å². The summed E-state index contributed by atoms with van der Waals surface area (Å²) in [5.41, 5.74) is 3.41. The highest BCUT2D eigenvalue weighted by molar-refractivity contribution is 5.98. The zero-order valence-corrected chi connectivity index (χ0v) is 26.7. The van der Waals surface area contributed by atoms with Gasteiger partial charge in [-0.25, -0.2) is 0 Å². The van der Waals surface area contributed by atoms with Crippen LogP contribution in [0, 0.1) is 10.8 Å². The average Bonchev–Trinajstić information content (AvgIpc) is 3.57. The standard InChI is InChI=1S/C35H44F3N3O5/c1-33(2)16-26-17-34(3,20-33)21-40(26)18-27-15-29(23-11-9-22(19-42)10-12-23)46-31(45-27)24-6-4-7-25(14-24)39-30(43)28-8-5-13-41(28)32(44)35(36,37)38/h4,6-7,9-12,14,26-29,31,42H,5,8,13,15-21H2,1-3H3,(H,39,43). The van der Waals surface area contributed by atoms with Gasteiger partial charge in [-0.3, -0.25) is 14.5 Å². The highest BCUT2D eigenvalue weighted by Gasteiger charge is 2.50. The number of fused-ring (bicyclic) bond motifs is 2. The smallest absolute Gasteiger partial charge is 0.392 e.